The Hall–Kier alpha value is -3.40. The van der Waals surface area contributed by atoms with E-state index in [1.165, 1.54) is 34.5 Å². The van der Waals surface area contributed by atoms with Crippen molar-refractivity contribution in [1.82, 2.24) is 15.0 Å². The Kier molecular flexibility index (Phi) is 5.35. The smallest absolute Gasteiger partial charge is 0.180 e. The van der Waals surface area contributed by atoms with E-state index in [0.29, 0.717) is 0 Å². The maximum absolute atomic E-state index is 4.47. The van der Waals surface area contributed by atoms with Crippen LogP contribution in [-0.2, 0) is 0 Å². The van der Waals surface area contributed by atoms with Crippen LogP contribution in [0.2, 0.25) is 0 Å². The molecule has 4 heteroatoms. The highest BCUT2D eigenvalue weighted by Crippen LogP contribution is 2.24. The summed E-state index contributed by atoms with van der Waals surface area (Å²) in [4.78, 5) is 10.7. The predicted octanol–water partition coefficient (Wildman–Crippen LogP) is 5.08. The van der Waals surface area contributed by atoms with Crippen molar-refractivity contribution >= 4 is 21.8 Å². The van der Waals surface area contributed by atoms with E-state index in [1.54, 1.807) is 18.6 Å². The van der Waals surface area contributed by atoms with Crippen LogP contribution in [0.15, 0.2) is 102 Å². The molecule has 0 atom stereocenters. The molecule has 5 rings (SSSR count). The highest BCUT2D eigenvalue weighted by molar-refractivity contribution is 6.06. The van der Waals surface area contributed by atoms with Gasteiger partial charge in [0.25, 0.3) is 0 Å². The maximum Gasteiger partial charge on any atom is 0.180 e. The van der Waals surface area contributed by atoms with Gasteiger partial charge in [-0.3, -0.25) is 4.98 Å². The fraction of sp³-hybridized carbons (Fsp3) is 0. The first-order valence-corrected chi connectivity index (χ1v) is 7.58. The van der Waals surface area contributed by atoms with E-state index < -0.39 is 0 Å². The molecular formula is C20H17N3O. The normalized spacial score (nSPS) is 9.67. The number of oxazole rings is 1. The standard InChI is InChI=1S/C12H9N.C5H5N.C3H3NO/c1-3-7-11-9(5-1)10-6-2-4-8-12(10)13-11;1-2-4-6-5-3-1;1-2-5-3-4-1/h1-8,13H;1-5H;1-3H. The minimum absolute atomic E-state index is 1.21. The van der Waals surface area contributed by atoms with Gasteiger partial charge in [0.05, 0.1) is 6.20 Å². The number of hydrogen-bond donors (Lipinski definition) is 1. The summed E-state index contributed by atoms with van der Waals surface area (Å²) < 4.78 is 4.47. The van der Waals surface area contributed by atoms with Crippen LogP contribution < -0.4 is 0 Å². The molecule has 4 nitrogen and oxygen atoms in total. The lowest BCUT2D eigenvalue weighted by Gasteiger charge is -1.87. The zero-order valence-electron chi connectivity index (χ0n) is 13.0. The fourth-order valence-corrected chi connectivity index (χ4v) is 2.29. The zero-order chi connectivity index (χ0) is 16.5. The number of fused-ring (bicyclic) bond motifs is 3. The molecule has 0 saturated carbocycles. The molecular weight excluding hydrogens is 298 g/mol. The third kappa shape index (κ3) is 4.08. The Balaban J connectivity index is 0.000000127. The van der Waals surface area contributed by atoms with Gasteiger partial charge in [-0.2, -0.15) is 0 Å². The SMILES string of the molecule is c1ccc2c(c1)[nH]c1ccccc12.c1ccncc1.c1cocn1. The van der Waals surface area contributed by atoms with Crippen LogP contribution in [0.1, 0.15) is 0 Å². The first-order chi connectivity index (χ1) is 11.9. The van der Waals surface area contributed by atoms with Crippen molar-refractivity contribution in [3.05, 3.63) is 98.0 Å². The molecule has 0 bridgehead atoms. The molecule has 0 unspecified atom stereocenters. The second kappa shape index (κ2) is 8.29. The molecule has 0 aliphatic carbocycles. The Morgan fingerprint density at radius 2 is 1.25 bits per heavy atom. The average molecular weight is 315 g/mol. The number of para-hydroxylation sites is 2. The number of nitrogens with one attached hydrogen (secondary N) is 1. The van der Waals surface area contributed by atoms with Gasteiger partial charge in [-0.15, -0.1) is 0 Å². The molecule has 1 N–H and O–H groups in total. The van der Waals surface area contributed by atoms with Crippen LogP contribution in [0.5, 0.6) is 0 Å². The lowest BCUT2D eigenvalue weighted by atomic mass is 10.2. The van der Waals surface area contributed by atoms with Crippen LogP contribution in [-0.4, -0.2) is 15.0 Å². The van der Waals surface area contributed by atoms with E-state index >= 15 is 0 Å². The molecule has 0 aliphatic heterocycles. The minimum atomic E-state index is 1.21. The van der Waals surface area contributed by atoms with Gasteiger partial charge in [-0.1, -0.05) is 42.5 Å². The molecule has 0 spiro atoms. The Morgan fingerprint density at radius 1 is 0.625 bits per heavy atom. The van der Waals surface area contributed by atoms with Gasteiger partial charge in [0.1, 0.15) is 6.26 Å². The summed E-state index contributed by atoms with van der Waals surface area (Å²) in [5.74, 6) is 0. The number of hydrogen-bond acceptors (Lipinski definition) is 3. The molecule has 24 heavy (non-hydrogen) atoms. The molecule has 0 aliphatic rings. The van der Waals surface area contributed by atoms with E-state index in [0.717, 1.165) is 0 Å². The predicted molar refractivity (Wildman–Crippen MR) is 96.5 cm³/mol. The number of nitrogens with zero attached hydrogens (tertiary/aromatic N) is 2. The highest BCUT2D eigenvalue weighted by atomic mass is 16.3. The van der Waals surface area contributed by atoms with E-state index in [1.807, 2.05) is 18.2 Å². The summed E-state index contributed by atoms with van der Waals surface area (Å²) >= 11 is 0. The van der Waals surface area contributed by atoms with Gasteiger partial charge in [0, 0.05) is 34.2 Å². The topological polar surface area (TPSA) is 54.7 Å². The number of aromatic nitrogens is 3. The highest BCUT2D eigenvalue weighted by Gasteiger charge is 2.00. The van der Waals surface area contributed by atoms with Crippen LogP contribution in [0.3, 0.4) is 0 Å². The van der Waals surface area contributed by atoms with Crippen molar-refractivity contribution in [2.45, 2.75) is 0 Å². The third-order valence-corrected chi connectivity index (χ3v) is 3.33. The maximum atomic E-state index is 4.47. The molecule has 0 fully saturated rings. The first kappa shape index (κ1) is 15.5. The number of benzene rings is 2. The Morgan fingerprint density at radius 3 is 1.62 bits per heavy atom. The fourth-order valence-electron chi connectivity index (χ4n) is 2.29. The van der Waals surface area contributed by atoms with Gasteiger partial charge in [0.2, 0.25) is 0 Å². The zero-order valence-corrected chi connectivity index (χ0v) is 13.0. The largest absolute Gasteiger partial charge is 0.452 e. The second-order valence-electron chi connectivity index (χ2n) is 4.92. The minimum Gasteiger partial charge on any atom is -0.452 e. The number of pyridine rings is 1. The van der Waals surface area contributed by atoms with Gasteiger partial charge in [0.15, 0.2) is 6.39 Å². The molecule has 0 amide bonds. The van der Waals surface area contributed by atoms with Gasteiger partial charge in [-0.25, -0.2) is 4.98 Å². The second-order valence-corrected chi connectivity index (χ2v) is 4.92. The van der Waals surface area contributed by atoms with E-state index in [9.17, 15) is 0 Å². The summed E-state index contributed by atoms with van der Waals surface area (Å²) in [6, 6.07) is 22.5. The van der Waals surface area contributed by atoms with Crippen LogP contribution >= 0.6 is 0 Å². The molecule has 3 aromatic heterocycles. The van der Waals surface area contributed by atoms with Crippen molar-refractivity contribution in [1.29, 1.82) is 0 Å². The van der Waals surface area contributed by atoms with Gasteiger partial charge < -0.3 is 9.40 Å². The van der Waals surface area contributed by atoms with Crippen molar-refractivity contribution in [3.8, 4) is 0 Å². The van der Waals surface area contributed by atoms with E-state index in [-0.39, 0.29) is 0 Å². The van der Waals surface area contributed by atoms with E-state index in [4.69, 9.17) is 0 Å². The van der Waals surface area contributed by atoms with Crippen molar-refractivity contribution in [2.75, 3.05) is 0 Å². The van der Waals surface area contributed by atoms with Gasteiger partial charge in [-0.05, 0) is 24.3 Å². The summed E-state index contributed by atoms with van der Waals surface area (Å²) in [5.41, 5.74) is 2.42. The summed E-state index contributed by atoms with van der Waals surface area (Å²) in [7, 11) is 0. The van der Waals surface area contributed by atoms with Crippen molar-refractivity contribution < 1.29 is 4.42 Å². The molecule has 3 heterocycles. The Labute approximate surface area is 139 Å². The Bertz CT molecular complexity index is 866. The lowest BCUT2D eigenvalue weighted by molar-refractivity contribution is 0.558. The molecule has 5 aromatic rings. The van der Waals surface area contributed by atoms with Gasteiger partial charge >= 0.3 is 0 Å². The first-order valence-electron chi connectivity index (χ1n) is 7.58. The number of rotatable bonds is 0. The number of H-pyrrole nitrogens is 1. The lowest BCUT2D eigenvalue weighted by Crippen LogP contribution is -1.62. The summed E-state index contributed by atoms with van der Waals surface area (Å²) in [5, 5.41) is 2.61. The number of aromatic amines is 1. The molecule has 0 saturated heterocycles. The molecule has 118 valence electrons. The molecule has 0 radical (unpaired) electrons. The monoisotopic (exact) mass is 315 g/mol. The van der Waals surface area contributed by atoms with Crippen LogP contribution in [0.4, 0.5) is 0 Å². The van der Waals surface area contributed by atoms with Crippen LogP contribution in [0, 0.1) is 0 Å². The average Bonchev–Trinajstić information content (AvgIpc) is 3.35. The summed E-state index contributed by atoms with van der Waals surface area (Å²) in [6.07, 6.45) is 7.97. The molecule has 2 aromatic carbocycles. The van der Waals surface area contributed by atoms with Crippen molar-refractivity contribution in [2.24, 2.45) is 0 Å². The summed E-state index contributed by atoms with van der Waals surface area (Å²) in [6.45, 7) is 0. The van der Waals surface area contributed by atoms with E-state index in [2.05, 4.69) is 67.9 Å². The third-order valence-electron chi connectivity index (χ3n) is 3.33. The van der Waals surface area contributed by atoms with Crippen molar-refractivity contribution in [3.63, 3.8) is 0 Å². The quantitative estimate of drug-likeness (QED) is 0.433. The van der Waals surface area contributed by atoms with Crippen LogP contribution in [0.25, 0.3) is 21.8 Å².